The van der Waals surface area contributed by atoms with Crippen molar-refractivity contribution in [3.05, 3.63) is 35.9 Å². The number of hydrogen-bond acceptors (Lipinski definition) is 2. The van der Waals surface area contributed by atoms with Gasteiger partial charge in [0, 0.05) is 0 Å². The average Bonchev–Trinajstić information content (AvgIpc) is 2.26. The molecular formula is C14H22O2. The molecule has 0 aliphatic heterocycles. The van der Waals surface area contributed by atoms with Crippen molar-refractivity contribution in [2.45, 2.75) is 51.9 Å². The second-order valence-electron chi connectivity index (χ2n) is 4.34. The smallest absolute Gasteiger partial charge is 0.0825 e. The van der Waals surface area contributed by atoms with E-state index in [-0.39, 0.29) is 18.3 Å². The molecule has 0 bridgehead atoms. The molecule has 0 radical (unpaired) electrons. The molecule has 0 aliphatic rings. The summed E-state index contributed by atoms with van der Waals surface area (Å²) in [5.74, 6) is 0. The monoisotopic (exact) mass is 222 g/mol. The summed E-state index contributed by atoms with van der Waals surface area (Å²) in [4.78, 5) is 0. The highest BCUT2D eigenvalue weighted by molar-refractivity contribution is 5.17. The van der Waals surface area contributed by atoms with E-state index < -0.39 is 0 Å². The summed E-state index contributed by atoms with van der Waals surface area (Å²) in [6.45, 7) is 5.93. The zero-order chi connectivity index (χ0) is 12.0. The van der Waals surface area contributed by atoms with Crippen LogP contribution in [0.3, 0.4) is 0 Å². The Balaban J connectivity index is 2.56. The standard InChI is InChI=1S/C14H22O2/c1-4-14(13-8-6-5-7-9-13)16-12(3)10-11(2)15/h5-9,11-12,14-15H,4,10H2,1-3H3/t11-,12-,14-/m1/s1. The molecule has 1 rings (SSSR count). The molecule has 3 atom stereocenters. The Kier molecular flexibility index (Phi) is 5.50. The topological polar surface area (TPSA) is 29.5 Å². The van der Waals surface area contributed by atoms with Crippen LogP contribution in [0.5, 0.6) is 0 Å². The lowest BCUT2D eigenvalue weighted by atomic mass is 10.1. The molecule has 0 spiro atoms. The number of benzene rings is 1. The third-order valence-electron chi connectivity index (χ3n) is 2.61. The molecule has 1 aromatic carbocycles. The Morgan fingerprint density at radius 2 is 1.81 bits per heavy atom. The Morgan fingerprint density at radius 1 is 1.19 bits per heavy atom. The van der Waals surface area contributed by atoms with Gasteiger partial charge >= 0.3 is 0 Å². The predicted octanol–water partition coefficient (Wildman–Crippen LogP) is 3.31. The first-order chi connectivity index (χ1) is 7.63. The number of aliphatic hydroxyl groups is 1. The fraction of sp³-hybridized carbons (Fsp3) is 0.571. The van der Waals surface area contributed by atoms with E-state index in [1.165, 1.54) is 5.56 Å². The Hall–Kier alpha value is -0.860. The summed E-state index contributed by atoms with van der Waals surface area (Å²) in [7, 11) is 0. The summed E-state index contributed by atoms with van der Waals surface area (Å²) < 4.78 is 5.94. The summed E-state index contributed by atoms with van der Waals surface area (Å²) >= 11 is 0. The fourth-order valence-corrected chi connectivity index (χ4v) is 1.89. The molecule has 2 nitrogen and oxygen atoms in total. The lowest BCUT2D eigenvalue weighted by Crippen LogP contribution is -2.18. The highest BCUT2D eigenvalue weighted by Crippen LogP contribution is 2.23. The van der Waals surface area contributed by atoms with Crippen molar-refractivity contribution in [3.8, 4) is 0 Å². The van der Waals surface area contributed by atoms with Crippen molar-refractivity contribution in [2.75, 3.05) is 0 Å². The maximum atomic E-state index is 9.30. The van der Waals surface area contributed by atoms with Gasteiger partial charge in [-0.25, -0.2) is 0 Å². The van der Waals surface area contributed by atoms with Crippen molar-refractivity contribution >= 4 is 0 Å². The molecule has 2 heteroatoms. The highest BCUT2D eigenvalue weighted by atomic mass is 16.5. The van der Waals surface area contributed by atoms with Gasteiger partial charge in [0.2, 0.25) is 0 Å². The Bertz CT molecular complexity index is 282. The molecule has 0 saturated heterocycles. The van der Waals surface area contributed by atoms with Gasteiger partial charge in [0.05, 0.1) is 18.3 Å². The molecule has 0 amide bonds. The minimum Gasteiger partial charge on any atom is -0.393 e. The van der Waals surface area contributed by atoms with Gasteiger partial charge in [0.25, 0.3) is 0 Å². The van der Waals surface area contributed by atoms with Crippen molar-refractivity contribution < 1.29 is 9.84 Å². The van der Waals surface area contributed by atoms with Gasteiger partial charge in [-0.3, -0.25) is 0 Å². The number of ether oxygens (including phenoxy) is 1. The molecular weight excluding hydrogens is 200 g/mol. The number of aliphatic hydroxyl groups excluding tert-OH is 1. The summed E-state index contributed by atoms with van der Waals surface area (Å²) in [6.07, 6.45) is 1.56. The first kappa shape index (κ1) is 13.2. The van der Waals surface area contributed by atoms with E-state index in [4.69, 9.17) is 4.74 Å². The molecule has 0 heterocycles. The number of hydrogen-bond donors (Lipinski definition) is 1. The molecule has 0 aliphatic carbocycles. The lowest BCUT2D eigenvalue weighted by Gasteiger charge is -2.22. The zero-order valence-corrected chi connectivity index (χ0v) is 10.4. The van der Waals surface area contributed by atoms with Gasteiger partial charge in [0.15, 0.2) is 0 Å². The van der Waals surface area contributed by atoms with Gasteiger partial charge in [-0.2, -0.15) is 0 Å². The van der Waals surface area contributed by atoms with E-state index in [0.29, 0.717) is 6.42 Å². The summed E-state index contributed by atoms with van der Waals surface area (Å²) in [6, 6.07) is 10.2. The van der Waals surface area contributed by atoms with E-state index in [1.807, 2.05) is 25.1 Å². The van der Waals surface area contributed by atoms with E-state index in [2.05, 4.69) is 19.1 Å². The third-order valence-corrected chi connectivity index (χ3v) is 2.61. The second-order valence-corrected chi connectivity index (χ2v) is 4.34. The first-order valence-electron chi connectivity index (χ1n) is 6.02. The minimum absolute atomic E-state index is 0.0881. The van der Waals surface area contributed by atoms with Crippen LogP contribution in [0.1, 0.15) is 45.3 Å². The zero-order valence-electron chi connectivity index (χ0n) is 10.4. The second kappa shape index (κ2) is 6.66. The van der Waals surface area contributed by atoms with Crippen LogP contribution in [0.2, 0.25) is 0 Å². The fourth-order valence-electron chi connectivity index (χ4n) is 1.89. The van der Waals surface area contributed by atoms with Gasteiger partial charge in [-0.05, 0) is 32.3 Å². The predicted molar refractivity (Wildman–Crippen MR) is 66.3 cm³/mol. The molecule has 0 fully saturated rings. The Morgan fingerprint density at radius 3 is 2.31 bits per heavy atom. The summed E-state index contributed by atoms with van der Waals surface area (Å²) in [5.41, 5.74) is 1.21. The van der Waals surface area contributed by atoms with Crippen LogP contribution in [-0.2, 0) is 4.74 Å². The minimum atomic E-state index is -0.303. The maximum absolute atomic E-state index is 9.30. The molecule has 0 saturated carbocycles. The maximum Gasteiger partial charge on any atom is 0.0825 e. The quantitative estimate of drug-likeness (QED) is 0.800. The largest absolute Gasteiger partial charge is 0.393 e. The lowest BCUT2D eigenvalue weighted by molar-refractivity contribution is -0.0270. The molecule has 1 aromatic rings. The van der Waals surface area contributed by atoms with Crippen LogP contribution in [0, 0.1) is 0 Å². The van der Waals surface area contributed by atoms with E-state index in [1.54, 1.807) is 6.92 Å². The number of rotatable bonds is 6. The normalized spacial score (nSPS) is 16.8. The Labute approximate surface area is 98.3 Å². The average molecular weight is 222 g/mol. The van der Waals surface area contributed by atoms with Crippen LogP contribution in [0.4, 0.5) is 0 Å². The van der Waals surface area contributed by atoms with Gasteiger partial charge in [0.1, 0.15) is 0 Å². The SMILES string of the molecule is CC[C@@H](O[C@H](C)C[C@@H](C)O)c1ccccc1. The van der Waals surface area contributed by atoms with E-state index >= 15 is 0 Å². The van der Waals surface area contributed by atoms with Crippen molar-refractivity contribution in [1.29, 1.82) is 0 Å². The van der Waals surface area contributed by atoms with Crippen LogP contribution >= 0.6 is 0 Å². The molecule has 0 unspecified atom stereocenters. The molecule has 90 valence electrons. The van der Waals surface area contributed by atoms with Gasteiger partial charge < -0.3 is 9.84 Å². The van der Waals surface area contributed by atoms with Crippen molar-refractivity contribution in [3.63, 3.8) is 0 Å². The highest BCUT2D eigenvalue weighted by Gasteiger charge is 2.14. The van der Waals surface area contributed by atoms with Crippen molar-refractivity contribution in [2.24, 2.45) is 0 Å². The van der Waals surface area contributed by atoms with Gasteiger partial charge in [-0.15, -0.1) is 0 Å². The van der Waals surface area contributed by atoms with Crippen LogP contribution in [0.25, 0.3) is 0 Å². The summed E-state index contributed by atoms with van der Waals surface area (Å²) in [5, 5.41) is 9.30. The molecule has 1 N–H and O–H groups in total. The van der Waals surface area contributed by atoms with Crippen molar-refractivity contribution in [1.82, 2.24) is 0 Å². The molecule has 0 aromatic heterocycles. The third kappa shape index (κ3) is 4.33. The van der Waals surface area contributed by atoms with Crippen LogP contribution in [-0.4, -0.2) is 17.3 Å². The van der Waals surface area contributed by atoms with Gasteiger partial charge in [-0.1, -0.05) is 37.3 Å². The van der Waals surface area contributed by atoms with E-state index in [9.17, 15) is 5.11 Å². The first-order valence-corrected chi connectivity index (χ1v) is 6.02. The molecule has 16 heavy (non-hydrogen) atoms. The van der Waals surface area contributed by atoms with E-state index in [0.717, 1.165) is 6.42 Å². The van der Waals surface area contributed by atoms with Crippen LogP contribution in [0.15, 0.2) is 30.3 Å². The van der Waals surface area contributed by atoms with Crippen LogP contribution < -0.4 is 0 Å².